The molecule has 3 aromatic rings. The summed E-state index contributed by atoms with van der Waals surface area (Å²) in [5.74, 6) is 1.00. The third-order valence-electron chi connectivity index (χ3n) is 6.47. The second kappa shape index (κ2) is 9.36. The van der Waals surface area contributed by atoms with Crippen molar-refractivity contribution in [3.05, 3.63) is 53.9 Å². The number of amides is 1. The highest BCUT2D eigenvalue weighted by atomic mass is 32.2. The van der Waals surface area contributed by atoms with Crippen molar-refractivity contribution in [2.24, 2.45) is 0 Å². The van der Waals surface area contributed by atoms with Crippen LogP contribution in [0.1, 0.15) is 30.3 Å². The molecule has 0 radical (unpaired) electrons. The average Bonchev–Trinajstić information content (AvgIpc) is 3.51. The van der Waals surface area contributed by atoms with Gasteiger partial charge >= 0.3 is 0 Å². The number of H-pyrrole nitrogens is 1. The molecular weight excluding hydrogens is 456 g/mol. The number of ether oxygens (including phenoxy) is 2. The number of nitrogens with one attached hydrogen (secondary N) is 1. The molecular formula is C24H28N4O5S. The number of morpholine rings is 1. The number of imidazole rings is 1. The van der Waals surface area contributed by atoms with E-state index in [1.54, 1.807) is 18.2 Å². The average molecular weight is 485 g/mol. The summed E-state index contributed by atoms with van der Waals surface area (Å²) in [6.07, 6.45) is 1.84. The van der Waals surface area contributed by atoms with Crippen molar-refractivity contribution in [1.82, 2.24) is 19.2 Å². The maximum Gasteiger partial charge on any atom is 0.246 e. The zero-order valence-corrected chi connectivity index (χ0v) is 19.9. The quantitative estimate of drug-likeness (QED) is 0.577. The number of fused-ring (bicyclic) bond motifs is 1. The molecule has 1 atom stereocenters. The molecule has 0 spiro atoms. The molecule has 0 bridgehead atoms. The lowest BCUT2D eigenvalue weighted by molar-refractivity contribution is -0.131. The lowest BCUT2D eigenvalue weighted by Crippen LogP contribution is -2.40. The first kappa shape index (κ1) is 22.8. The van der Waals surface area contributed by atoms with E-state index >= 15 is 0 Å². The molecule has 2 saturated heterocycles. The Morgan fingerprint density at radius 2 is 1.97 bits per heavy atom. The number of hydrogen-bond acceptors (Lipinski definition) is 6. The fraction of sp³-hybridized carbons (Fsp3) is 0.417. The molecule has 1 amide bonds. The van der Waals surface area contributed by atoms with Crippen LogP contribution in [0.4, 0.5) is 0 Å². The number of para-hydroxylation sites is 2. The fourth-order valence-corrected chi connectivity index (χ4v) is 6.33. The predicted octanol–water partition coefficient (Wildman–Crippen LogP) is 2.50. The van der Waals surface area contributed by atoms with Gasteiger partial charge in [0.2, 0.25) is 15.9 Å². The zero-order valence-electron chi connectivity index (χ0n) is 19.1. The summed E-state index contributed by atoms with van der Waals surface area (Å²) in [6.45, 7) is 1.95. The van der Waals surface area contributed by atoms with E-state index in [0.29, 0.717) is 38.4 Å². The Balaban J connectivity index is 1.38. The summed E-state index contributed by atoms with van der Waals surface area (Å²) in [4.78, 5) is 23.3. The minimum Gasteiger partial charge on any atom is -0.495 e. The van der Waals surface area contributed by atoms with Gasteiger partial charge in [0.05, 0.1) is 43.8 Å². The normalized spacial score (nSPS) is 19.6. The Morgan fingerprint density at radius 3 is 2.74 bits per heavy atom. The van der Waals surface area contributed by atoms with E-state index < -0.39 is 10.0 Å². The monoisotopic (exact) mass is 484 g/mol. The number of benzene rings is 2. The Bertz CT molecular complexity index is 1270. The van der Waals surface area contributed by atoms with Gasteiger partial charge in [-0.2, -0.15) is 4.31 Å². The number of nitrogens with zero attached hydrogens (tertiary/aromatic N) is 3. The maximum absolute atomic E-state index is 13.3. The zero-order chi connectivity index (χ0) is 23.7. The molecule has 2 aromatic carbocycles. The molecule has 1 N–H and O–H groups in total. The van der Waals surface area contributed by atoms with E-state index in [2.05, 4.69) is 4.98 Å². The van der Waals surface area contributed by atoms with Crippen molar-refractivity contribution in [2.45, 2.75) is 30.2 Å². The first-order valence-electron chi connectivity index (χ1n) is 11.5. The number of rotatable bonds is 6. The second-order valence-corrected chi connectivity index (χ2v) is 10.5. The van der Waals surface area contributed by atoms with Crippen LogP contribution in [0.2, 0.25) is 0 Å². The number of carbonyl (C=O) groups excluding carboxylic acids is 1. The molecule has 0 aliphatic carbocycles. The van der Waals surface area contributed by atoms with Crippen LogP contribution in [0.5, 0.6) is 5.75 Å². The number of sulfonamides is 1. The smallest absolute Gasteiger partial charge is 0.246 e. The first-order chi connectivity index (χ1) is 16.5. The Morgan fingerprint density at radius 1 is 1.18 bits per heavy atom. The van der Waals surface area contributed by atoms with Crippen LogP contribution in [0.15, 0.2) is 47.4 Å². The van der Waals surface area contributed by atoms with Crippen molar-refractivity contribution >= 4 is 27.0 Å². The number of aromatic nitrogens is 2. The number of aromatic amines is 1. The van der Waals surface area contributed by atoms with Crippen molar-refractivity contribution < 1.29 is 22.7 Å². The third kappa shape index (κ3) is 4.28. The fourth-order valence-electron chi connectivity index (χ4n) is 4.71. The molecule has 0 saturated carbocycles. The van der Waals surface area contributed by atoms with Gasteiger partial charge in [-0.3, -0.25) is 4.79 Å². The number of hydrogen-bond donors (Lipinski definition) is 1. The Hall–Kier alpha value is -2.95. The molecule has 10 heteroatoms. The SMILES string of the molecule is COc1ccc(CC(=O)N2CCCC2c2nc3ccccc3[nH]2)cc1S(=O)(=O)N1CCOCC1. The summed E-state index contributed by atoms with van der Waals surface area (Å²) in [5, 5.41) is 0. The predicted molar refractivity (Wildman–Crippen MR) is 126 cm³/mol. The minimum absolute atomic E-state index is 0.0529. The summed E-state index contributed by atoms with van der Waals surface area (Å²) >= 11 is 0. The Kier molecular flexibility index (Phi) is 6.28. The van der Waals surface area contributed by atoms with Gasteiger partial charge in [-0.25, -0.2) is 13.4 Å². The molecule has 2 fully saturated rings. The van der Waals surface area contributed by atoms with E-state index in [1.807, 2.05) is 29.2 Å². The highest BCUT2D eigenvalue weighted by Gasteiger charge is 2.33. The highest BCUT2D eigenvalue weighted by molar-refractivity contribution is 7.89. The number of methoxy groups -OCH3 is 1. The molecule has 5 rings (SSSR count). The molecule has 34 heavy (non-hydrogen) atoms. The van der Waals surface area contributed by atoms with Gasteiger partial charge in [0.1, 0.15) is 16.5 Å². The Labute approximate surface area is 198 Å². The highest BCUT2D eigenvalue weighted by Crippen LogP contribution is 2.33. The molecule has 3 heterocycles. The number of likely N-dealkylation sites (tertiary alicyclic amines) is 1. The van der Waals surface area contributed by atoms with Crippen LogP contribution < -0.4 is 4.74 Å². The van der Waals surface area contributed by atoms with Gasteiger partial charge in [-0.1, -0.05) is 18.2 Å². The summed E-state index contributed by atoms with van der Waals surface area (Å²) in [6, 6.07) is 12.6. The molecule has 2 aliphatic heterocycles. The van der Waals surface area contributed by atoms with E-state index in [-0.39, 0.29) is 29.0 Å². The van der Waals surface area contributed by atoms with Gasteiger partial charge in [-0.15, -0.1) is 0 Å². The lowest BCUT2D eigenvalue weighted by atomic mass is 10.1. The third-order valence-corrected chi connectivity index (χ3v) is 8.39. The van der Waals surface area contributed by atoms with Crippen LogP contribution in [0.25, 0.3) is 11.0 Å². The van der Waals surface area contributed by atoms with Crippen LogP contribution in [-0.2, 0) is 26.0 Å². The largest absolute Gasteiger partial charge is 0.495 e. The van der Waals surface area contributed by atoms with E-state index in [4.69, 9.17) is 14.5 Å². The van der Waals surface area contributed by atoms with Crippen molar-refractivity contribution in [3.8, 4) is 5.75 Å². The second-order valence-electron chi connectivity index (χ2n) is 8.56. The lowest BCUT2D eigenvalue weighted by Gasteiger charge is -2.27. The van der Waals surface area contributed by atoms with Gasteiger partial charge in [0.25, 0.3) is 0 Å². The van der Waals surface area contributed by atoms with Crippen LogP contribution in [-0.4, -0.2) is 73.5 Å². The van der Waals surface area contributed by atoms with Gasteiger partial charge in [-0.05, 0) is 42.7 Å². The molecule has 9 nitrogen and oxygen atoms in total. The van der Waals surface area contributed by atoms with E-state index in [0.717, 1.165) is 29.7 Å². The molecule has 1 unspecified atom stereocenters. The topological polar surface area (TPSA) is 105 Å². The standard InChI is InChI=1S/C24H28N4O5S/c1-32-21-9-8-17(15-22(21)34(30,31)27-11-13-33-14-12-27)16-23(29)28-10-4-7-20(28)24-25-18-5-2-3-6-19(18)26-24/h2-3,5-6,8-9,15,20H,4,7,10-14,16H2,1H3,(H,25,26). The minimum atomic E-state index is -3.76. The molecule has 180 valence electrons. The van der Waals surface area contributed by atoms with Crippen LogP contribution in [0, 0.1) is 0 Å². The van der Waals surface area contributed by atoms with Crippen molar-refractivity contribution in [1.29, 1.82) is 0 Å². The van der Waals surface area contributed by atoms with Gasteiger partial charge in [0, 0.05) is 19.6 Å². The van der Waals surface area contributed by atoms with Crippen LogP contribution >= 0.6 is 0 Å². The van der Waals surface area contributed by atoms with E-state index in [9.17, 15) is 13.2 Å². The maximum atomic E-state index is 13.3. The summed E-state index contributed by atoms with van der Waals surface area (Å²) < 4.78 is 38.6. The molecule has 1 aromatic heterocycles. The summed E-state index contributed by atoms with van der Waals surface area (Å²) in [5.41, 5.74) is 2.46. The van der Waals surface area contributed by atoms with Gasteiger partial charge < -0.3 is 19.4 Å². The van der Waals surface area contributed by atoms with Crippen molar-refractivity contribution in [2.75, 3.05) is 40.0 Å². The number of carbonyl (C=O) groups is 1. The van der Waals surface area contributed by atoms with Crippen molar-refractivity contribution in [3.63, 3.8) is 0 Å². The van der Waals surface area contributed by atoms with Gasteiger partial charge in [0.15, 0.2) is 0 Å². The first-order valence-corrected chi connectivity index (χ1v) is 12.9. The summed E-state index contributed by atoms with van der Waals surface area (Å²) in [7, 11) is -2.32. The molecule has 2 aliphatic rings. The van der Waals surface area contributed by atoms with E-state index in [1.165, 1.54) is 11.4 Å². The van der Waals surface area contributed by atoms with Crippen LogP contribution in [0.3, 0.4) is 0 Å².